The van der Waals surface area contributed by atoms with Gasteiger partial charge in [0.05, 0.1) is 12.2 Å². The number of hydrazone groups is 1. The fourth-order valence-corrected chi connectivity index (χ4v) is 4.23. The fourth-order valence-electron chi connectivity index (χ4n) is 3.50. The summed E-state index contributed by atoms with van der Waals surface area (Å²) in [5.41, 5.74) is 4.23. The van der Waals surface area contributed by atoms with Gasteiger partial charge in [-0.2, -0.15) is 10.1 Å². The summed E-state index contributed by atoms with van der Waals surface area (Å²) in [6.07, 6.45) is 2.07. The van der Waals surface area contributed by atoms with Crippen LogP contribution in [0.1, 0.15) is 32.6 Å². The average molecular weight is 487 g/mol. The molecular weight excluding hydrogens is 469 g/mol. The molecule has 2 amide bonds. The van der Waals surface area contributed by atoms with Crippen LogP contribution in [-0.4, -0.2) is 24.6 Å². The van der Waals surface area contributed by atoms with Crippen molar-refractivity contribution in [1.29, 1.82) is 0 Å². The Balaban J connectivity index is 1.58. The second kappa shape index (κ2) is 9.33. The Bertz CT molecular complexity index is 1220. The molecule has 0 radical (unpaired) electrons. The van der Waals surface area contributed by atoms with Crippen LogP contribution in [0.5, 0.6) is 0 Å². The maximum atomic E-state index is 12.8. The minimum absolute atomic E-state index is 0.0634. The Hall–Kier alpha value is -2.86. The van der Waals surface area contributed by atoms with Crippen LogP contribution in [0.4, 0.5) is 10.5 Å². The van der Waals surface area contributed by atoms with E-state index in [2.05, 4.69) is 10.4 Å². The molecule has 0 aromatic heterocycles. The Morgan fingerprint density at radius 1 is 1.03 bits per heavy atom. The van der Waals surface area contributed by atoms with Crippen LogP contribution >= 0.6 is 34.8 Å². The lowest BCUT2D eigenvalue weighted by Gasteiger charge is -2.22. The molecule has 0 unspecified atom stereocenters. The molecule has 3 aromatic rings. The zero-order valence-corrected chi connectivity index (χ0v) is 19.3. The van der Waals surface area contributed by atoms with E-state index in [0.29, 0.717) is 44.8 Å². The van der Waals surface area contributed by atoms with Crippen LogP contribution in [-0.2, 0) is 6.42 Å². The van der Waals surface area contributed by atoms with Crippen molar-refractivity contribution < 1.29 is 9.59 Å². The van der Waals surface area contributed by atoms with E-state index in [4.69, 9.17) is 34.8 Å². The molecule has 1 heterocycles. The van der Waals surface area contributed by atoms with Crippen molar-refractivity contribution >= 4 is 58.5 Å². The number of nitrogens with zero attached hydrogens (tertiary/aromatic N) is 2. The maximum absolute atomic E-state index is 12.8. The summed E-state index contributed by atoms with van der Waals surface area (Å²) in [5.74, 6) is -0.0634. The molecule has 4 rings (SSSR count). The Kier molecular flexibility index (Phi) is 6.51. The molecule has 3 aromatic carbocycles. The normalized spacial score (nSPS) is 13.2. The summed E-state index contributed by atoms with van der Waals surface area (Å²) in [7, 11) is 0. The van der Waals surface area contributed by atoms with E-state index in [-0.39, 0.29) is 11.8 Å². The van der Waals surface area contributed by atoms with Crippen LogP contribution in [0.3, 0.4) is 0 Å². The smallest absolute Gasteiger partial charge is 0.331 e. The molecule has 0 saturated heterocycles. The number of carbonyl (C=O) groups is 2. The third-order valence-corrected chi connectivity index (χ3v) is 6.05. The van der Waals surface area contributed by atoms with Gasteiger partial charge in [-0.15, -0.1) is 0 Å². The first-order chi connectivity index (χ1) is 15.3. The molecule has 0 spiro atoms. The summed E-state index contributed by atoms with van der Waals surface area (Å²) >= 11 is 18.9. The molecule has 1 aliphatic heterocycles. The first-order valence-corrected chi connectivity index (χ1v) is 10.9. The molecular formula is C24H18Cl3N3O2. The van der Waals surface area contributed by atoms with Gasteiger partial charge in [0.25, 0.3) is 0 Å². The summed E-state index contributed by atoms with van der Waals surface area (Å²) in [6, 6.07) is 15.5. The number of ketones is 1. The lowest BCUT2D eigenvalue weighted by atomic mass is 9.95. The van der Waals surface area contributed by atoms with E-state index < -0.39 is 0 Å². The standard InChI is InChI=1S/C24H18Cl3N3O2/c1-14-10-15(2-7-19(14)23(31)16-3-5-17(25)6-4-16)11-20-21(26)12-18(13-22(20)27)30-24(32)28-8-9-29-30/h2-7,9-10,12-13H,8,11H2,1H3,(H,28,32). The highest BCUT2D eigenvalue weighted by atomic mass is 35.5. The molecule has 0 saturated carbocycles. The Labute approximate surface area is 200 Å². The first kappa shape index (κ1) is 22.3. The third kappa shape index (κ3) is 4.65. The van der Waals surface area contributed by atoms with Gasteiger partial charge in [0.1, 0.15) is 0 Å². The number of halogens is 3. The minimum atomic E-state index is -0.344. The highest BCUT2D eigenvalue weighted by Gasteiger charge is 2.20. The number of aryl methyl sites for hydroxylation is 1. The summed E-state index contributed by atoms with van der Waals surface area (Å²) < 4.78 is 0. The van der Waals surface area contributed by atoms with Crippen LogP contribution in [0.25, 0.3) is 0 Å². The zero-order chi connectivity index (χ0) is 22.8. The van der Waals surface area contributed by atoms with E-state index >= 15 is 0 Å². The van der Waals surface area contributed by atoms with Gasteiger partial charge in [-0.1, -0.05) is 53.0 Å². The van der Waals surface area contributed by atoms with Crippen molar-refractivity contribution in [2.24, 2.45) is 5.10 Å². The summed E-state index contributed by atoms with van der Waals surface area (Å²) in [4.78, 5) is 24.9. The molecule has 32 heavy (non-hydrogen) atoms. The van der Waals surface area contributed by atoms with Gasteiger partial charge >= 0.3 is 6.03 Å². The number of rotatable bonds is 5. The molecule has 1 N–H and O–H groups in total. The van der Waals surface area contributed by atoms with Crippen molar-refractivity contribution in [3.63, 3.8) is 0 Å². The van der Waals surface area contributed by atoms with E-state index in [9.17, 15) is 9.59 Å². The monoisotopic (exact) mass is 485 g/mol. The highest BCUT2D eigenvalue weighted by Crippen LogP contribution is 2.33. The van der Waals surface area contributed by atoms with Crippen molar-refractivity contribution in [3.05, 3.63) is 97.5 Å². The van der Waals surface area contributed by atoms with E-state index in [1.165, 1.54) is 5.01 Å². The van der Waals surface area contributed by atoms with Gasteiger partial charge in [-0.25, -0.2) is 4.79 Å². The van der Waals surface area contributed by atoms with Crippen molar-refractivity contribution in [3.8, 4) is 0 Å². The van der Waals surface area contributed by atoms with Gasteiger partial charge in [-0.05, 0) is 60.0 Å². The number of anilines is 1. The van der Waals surface area contributed by atoms with E-state index in [1.54, 1.807) is 42.6 Å². The summed E-state index contributed by atoms with van der Waals surface area (Å²) in [6.45, 7) is 2.27. The minimum Gasteiger partial charge on any atom is -0.331 e. The average Bonchev–Trinajstić information content (AvgIpc) is 2.76. The molecule has 0 aliphatic carbocycles. The zero-order valence-electron chi connectivity index (χ0n) is 17.0. The van der Waals surface area contributed by atoms with Crippen molar-refractivity contribution in [2.75, 3.05) is 11.6 Å². The molecule has 0 atom stereocenters. The number of amides is 2. The lowest BCUT2D eigenvalue weighted by Crippen LogP contribution is -2.41. The second-order valence-electron chi connectivity index (χ2n) is 7.35. The number of hydrogen-bond acceptors (Lipinski definition) is 3. The van der Waals surface area contributed by atoms with E-state index in [0.717, 1.165) is 16.7 Å². The van der Waals surface area contributed by atoms with Crippen LogP contribution in [0.2, 0.25) is 15.1 Å². The van der Waals surface area contributed by atoms with Gasteiger partial charge in [-0.3, -0.25) is 4.79 Å². The Morgan fingerprint density at radius 3 is 2.34 bits per heavy atom. The highest BCUT2D eigenvalue weighted by molar-refractivity contribution is 6.36. The molecule has 1 aliphatic rings. The van der Waals surface area contributed by atoms with E-state index in [1.807, 2.05) is 25.1 Å². The number of urea groups is 1. The quantitative estimate of drug-likeness (QED) is 0.431. The topological polar surface area (TPSA) is 61.8 Å². The molecule has 162 valence electrons. The first-order valence-electron chi connectivity index (χ1n) is 9.81. The number of benzene rings is 3. The maximum Gasteiger partial charge on any atom is 0.342 e. The summed E-state index contributed by atoms with van der Waals surface area (Å²) in [5, 5.41) is 9.42. The molecule has 5 nitrogen and oxygen atoms in total. The van der Waals surface area contributed by atoms with Crippen molar-refractivity contribution in [1.82, 2.24) is 5.32 Å². The number of hydrogen-bond donors (Lipinski definition) is 1. The van der Waals surface area contributed by atoms with Crippen LogP contribution in [0, 0.1) is 6.92 Å². The van der Waals surface area contributed by atoms with Gasteiger partial charge < -0.3 is 5.32 Å². The Morgan fingerprint density at radius 2 is 1.72 bits per heavy atom. The molecule has 0 bridgehead atoms. The lowest BCUT2D eigenvalue weighted by molar-refractivity contribution is 0.103. The van der Waals surface area contributed by atoms with Crippen LogP contribution in [0.15, 0.2) is 59.7 Å². The van der Waals surface area contributed by atoms with Gasteiger partial charge in [0.15, 0.2) is 5.78 Å². The van der Waals surface area contributed by atoms with Gasteiger partial charge in [0.2, 0.25) is 0 Å². The SMILES string of the molecule is Cc1cc(Cc2c(Cl)cc(N3N=CCNC3=O)cc2Cl)ccc1C(=O)c1ccc(Cl)cc1. The van der Waals surface area contributed by atoms with Crippen molar-refractivity contribution in [2.45, 2.75) is 13.3 Å². The third-order valence-electron chi connectivity index (χ3n) is 5.13. The molecule has 8 heteroatoms. The fraction of sp³-hybridized carbons (Fsp3) is 0.125. The van der Waals surface area contributed by atoms with Gasteiger partial charge in [0, 0.05) is 38.8 Å². The number of carbonyl (C=O) groups excluding carboxylic acids is 2. The number of nitrogens with one attached hydrogen (secondary N) is 1. The second-order valence-corrected chi connectivity index (χ2v) is 8.60. The van der Waals surface area contributed by atoms with Crippen LogP contribution < -0.4 is 10.3 Å². The molecule has 0 fully saturated rings. The predicted molar refractivity (Wildman–Crippen MR) is 130 cm³/mol. The predicted octanol–water partition coefficient (Wildman–Crippen LogP) is 6.29. The largest absolute Gasteiger partial charge is 0.342 e.